The molecule has 0 bridgehead atoms. The van der Waals surface area contributed by atoms with Crippen LogP contribution in [0.5, 0.6) is 0 Å². The molecule has 0 aromatic heterocycles. The summed E-state index contributed by atoms with van der Waals surface area (Å²) in [5, 5.41) is 8.88. The smallest absolute Gasteiger partial charge is 0.321 e. The molecule has 1 unspecified atom stereocenters. The fourth-order valence-electron chi connectivity index (χ4n) is 1.81. The molecular weight excluding hydrogens is 221 g/mol. The van der Waals surface area contributed by atoms with Crippen LogP contribution in [-0.2, 0) is 4.79 Å². The third kappa shape index (κ3) is 2.53. The predicted molar refractivity (Wildman–Crippen MR) is 62.7 cm³/mol. The van der Waals surface area contributed by atoms with Crippen LogP contribution in [0.25, 0.3) is 6.08 Å². The summed E-state index contributed by atoms with van der Waals surface area (Å²) in [5.74, 6) is -1.27. The lowest BCUT2D eigenvalue weighted by atomic mass is 9.96. The highest BCUT2D eigenvalue weighted by molar-refractivity contribution is 5.76. The molecule has 2 rings (SSSR count). The molecular formula is C13H14FNO2. The van der Waals surface area contributed by atoms with Crippen LogP contribution in [0.3, 0.4) is 0 Å². The Kier molecular flexibility index (Phi) is 2.98. The van der Waals surface area contributed by atoms with Gasteiger partial charge in [-0.05, 0) is 30.5 Å². The Morgan fingerprint density at radius 1 is 1.41 bits per heavy atom. The molecule has 0 aliphatic heterocycles. The molecule has 0 saturated heterocycles. The highest BCUT2D eigenvalue weighted by Gasteiger charge is 2.48. The zero-order valence-corrected chi connectivity index (χ0v) is 9.27. The van der Waals surface area contributed by atoms with Crippen LogP contribution < -0.4 is 5.73 Å². The molecule has 1 aromatic carbocycles. The van der Waals surface area contributed by atoms with Crippen LogP contribution >= 0.6 is 0 Å². The summed E-state index contributed by atoms with van der Waals surface area (Å²) in [4.78, 5) is 10.8. The van der Waals surface area contributed by atoms with Crippen LogP contribution in [0.4, 0.5) is 4.39 Å². The summed E-state index contributed by atoms with van der Waals surface area (Å²) in [6.07, 6.45) is 5.21. The van der Waals surface area contributed by atoms with E-state index >= 15 is 0 Å². The molecule has 3 nitrogen and oxygen atoms in total. The van der Waals surface area contributed by atoms with Gasteiger partial charge in [-0.25, -0.2) is 4.39 Å². The first-order valence-electron chi connectivity index (χ1n) is 5.47. The Balaban J connectivity index is 2.10. The summed E-state index contributed by atoms with van der Waals surface area (Å²) in [6.45, 7) is 0. The largest absolute Gasteiger partial charge is 0.480 e. The van der Waals surface area contributed by atoms with Gasteiger partial charge in [-0.2, -0.15) is 0 Å². The van der Waals surface area contributed by atoms with Crippen molar-refractivity contribution in [1.82, 2.24) is 0 Å². The number of carbonyl (C=O) groups is 1. The molecule has 1 fully saturated rings. The number of hydrogen-bond acceptors (Lipinski definition) is 2. The average molecular weight is 235 g/mol. The summed E-state index contributed by atoms with van der Waals surface area (Å²) in [6, 6.07) is 5.17. The Morgan fingerprint density at radius 2 is 2.00 bits per heavy atom. The topological polar surface area (TPSA) is 63.3 Å². The van der Waals surface area contributed by atoms with Crippen molar-refractivity contribution in [2.75, 3.05) is 0 Å². The highest BCUT2D eigenvalue weighted by Crippen LogP contribution is 2.49. The van der Waals surface area contributed by atoms with E-state index in [0.717, 1.165) is 18.4 Å². The minimum Gasteiger partial charge on any atom is -0.480 e. The quantitative estimate of drug-likeness (QED) is 0.839. The number of carboxylic acid groups (broad SMARTS) is 1. The molecule has 0 radical (unpaired) electrons. The zero-order chi connectivity index (χ0) is 12.5. The second-order valence-corrected chi connectivity index (χ2v) is 4.43. The minimum atomic E-state index is -0.980. The number of nitrogens with two attached hydrogens (primary N) is 1. The molecule has 0 heterocycles. The van der Waals surface area contributed by atoms with Crippen LogP contribution in [0.15, 0.2) is 30.3 Å². The van der Waals surface area contributed by atoms with E-state index in [2.05, 4.69) is 0 Å². The van der Waals surface area contributed by atoms with E-state index in [-0.39, 0.29) is 5.82 Å². The van der Waals surface area contributed by atoms with E-state index in [1.807, 2.05) is 6.08 Å². The maximum Gasteiger partial charge on any atom is 0.321 e. The van der Waals surface area contributed by atoms with Crippen LogP contribution in [-0.4, -0.2) is 17.1 Å². The summed E-state index contributed by atoms with van der Waals surface area (Å²) in [5.41, 5.74) is 6.06. The number of carboxylic acids is 1. The van der Waals surface area contributed by atoms with E-state index < -0.39 is 17.4 Å². The van der Waals surface area contributed by atoms with E-state index in [1.165, 1.54) is 12.1 Å². The van der Waals surface area contributed by atoms with Crippen molar-refractivity contribution in [2.45, 2.75) is 18.9 Å². The first-order chi connectivity index (χ1) is 8.03. The Hall–Kier alpha value is -1.68. The fraction of sp³-hybridized carbons (Fsp3) is 0.308. The monoisotopic (exact) mass is 235 g/mol. The summed E-state index contributed by atoms with van der Waals surface area (Å²) < 4.78 is 12.7. The summed E-state index contributed by atoms with van der Waals surface area (Å²) in [7, 11) is 0. The number of hydrogen-bond donors (Lipinski definition) is 2. The Bertz CT molecular complexity index is 449. The molecule has 1 atom stereocenters. The van der Waals surface area contributed by atoms with Crippen molar-refractivity contribution >= 4 is 12.0 Å². The molecule has 0 amide bonds. The van der Waals surface area contributed by atoms with Crippen molar-refractivity contribution in [3.05, 3.63) is 41.7 Å². The zero-order valence-electron chi connectivity index (χ0n) is 9.27. The lowest BCUT2D eigenvalue weighted by Gasteiger charge is -2.14. The van der Waals surface area contributed by atoms with Gasteiger partial charge in [0.25, 0.3) is 0 Å². The van der Waals surface area contributed by atoms with Gasteiger partial charge in [-0.3, -0.25) is 4.79 Å². The van der Waals surface area contributed by atoms with Gasteiger partial charge in [0.15, 0.2) is 0 Å². The Labute approximate surface area is 98.8 Å². The van der Waals surface area contributed by atoms with E-state index in [1.54, 1.807) is 18.2 Å². The molecule has 1 aromatic rings. The van der Waals surface area contributed by atoms with Gasteiger partial charge < -0.3 is 10.8 Å². The second-order valence-electron chi connectivity index (χ2n) is 4.43. The number of rotatable bonds is 4. The Morgan fingerprint density at radius 3 is 2.47 bits per heavy atom. The number of benzene rings is 1. The average Bonchev–Trinajstić information content (AvgIpc) is 3.08. The third-order valence-electron chi connectivity index (χ3n) is 3.19. The van der Waals surface area contributed by atoms with Crippen molar-refractivity contribution in [2.24, 2.45) is 11.1 Å². The van der Waals surface area contributed by atoms with Gasteiger partial charge in [0.05, 0.1) is 0 Å². The SMILES string of the molecule is NC(C(=O)O)C1(/C=C/c2ccc(F)cc2)CC1. The first-order valence-corrected chi connectivity index (χ1v) is 5.47. The van der Waals surface area contributed by atoms with Gasteiger partial charge >= 0.3 is 5.97 Å². The van der Waals surface area contributed by atoms with Crippen molar-refractivity contribution in [1.29, 1.82) is 0 Å². The molecule has 4 heteroatoms. The first kappa shape index (κ1) is 11.8. The van der Waals surface area contributed by atoms with Crippen molar-refractivity contribution in [3.8, 4) is 0 Å². The minimum absolute atomic E-state index is 0.287. The van der Waals surface area contributed by atoms with Crippen molar-refractivity contribution in [3.63, 3.8) is 0 Å². The van der Waals surface area contributed by atoms with Crippen LogP contribution in [0.2, 0.25) is 0 Å². The van der Waals surface area contributed by atoms with Crippen LogP contribution in [0, 0.1) is 11.2 Å². The van der Waals surface area contributed by atoms with Gasteiger partial charge in [0.1, 0.15) is 11.9 Å². The second kappa shape index (κ2) is 4.30. The van der Waals surface area contributed by atoms with Gasteiger partial charge in [-0.15, -0.1) is 0 Å². The highest BCUT2D eigenvalue weighted by atomic mass is 19.1. The van der Waals surface area contributed by atoms with Crippen molar-refractivity contribution < 1.29 is 14.3 Å². The number of aliphatic carboxylic acids is 1. The van der Waals surface area contributed by atoms with E-state index in [4.69, 9.17) is 10.8 Å². The van der Waals surface area contributed by atoms with Gasteiger partial charge in [-0.1, -0.05) is 24.3 Å². The third-order valence-corrected chi connectivity index (χ3v) is 3.19. The van der Waals surface area contributed by atoms with Gasteiger partial charge in [0, 0.05) is 5.41 Å². The summed E-state index contributed by atoms with van der Waals surface area (Å²) >= 11 is 0. The normalized spacial score (nSPS) is 19.2. The molecule has 90 valence electrons. The molecule has 0 spiro atoms. The maximum atomic E-state index is 12.7. The predicted octanol–water partition coefficient (Wildman–Crippen LogP) is 2.03. The fourth-order valence-corrected chi connectivity index (χ4v) is 1.81. The lowest BCUT2D eigenvalue weighted by molar-refractivity contribution is -0.139. The number of halogens is 1. The molecule has 1 aliphatic carbocycles. The van der Waals surface area contributed by atoms with E-state index in [0.29, 0.717) is 0 Å². The molecule has 3 N–H and O–H groups in total. The molecule has 1 saturated carbocycles. The van der Waals surface area contributed by atoms with Gasteiger partial charge in [0.2, 0.25) is 0 Å². The molecule has 1 aliphatic rings. The standard InChI is InChI=1S/C13H14FNO2/c14-10-3-1-9(2-4-10)5-6-13(7-8-13)11(15)12(16)17/h1-6,11H,7-8,15H2,(H,16,17)/b6-5+. The molecule has 17 heavy (non-hydrogen) atoms. The van der Waals surface area contributed by atoms with E-state index in [9.17, 15) is 9.18 Å². The maximum absolute atomic E-state index is 12.7. The lowest BCUT2D eigenvalue weighted by Crippen LogP contribution is -2.38. The van der Waals surface area contributed by atoms with Crippen LogP contribution in [0.1, 0.15) is 18.4 Å².